The number of allylic oxidation sites excluding steroid dienone is 3. The molecular weight excluding hydrogens is 252 g/mol. The van der Waals surface area contributed by atoms with Gasteiger partial charge in [0.15, 0.2) is 0 Å². The molecule has 102 valence electrons. The standard InChI is InChI=1S/C17H16O3/c18-12-2-4-17(20-12)11-7-10-6-9-5-8-1-3-16(11,19)14(8)13(9)15(10)17/h11,19H,1-7H2/t11?,16-,17+/m1/s1. The van der Waals surface area contributed by atoms with Gasteiger partial charge in [-0.1, -0.05) is 16.7 Å². The van der Waals surface area contributed by atoms with Gasteiger partial charge in [0, 0.05) is 24.3 Å². The van der Waals surface area contributed by atoms with Crippen LogP contribution in [0.4, 0.5) is 0 Å². The quantitative estimate of drug-likeness (QED) is 0.686. The van der Waals surface area contributed by atoms with Crippen molar-refractivity contribution < 1.29 is 14.6 Å². The van der Waals surface area contributed by atoms with E-state index in [1.807, 2.05) is 0 Å². The highest BCUT2D eigenvalue weighted by molar-refractivity contribution is 5.80. The van der Waals surface area contributed by atoms with E-state index in [1.54, 1.807) is 0 Å². The van der Waals surface area contributed by atoms with Crippen molar-refractivity contribution in [2.24, 2.45) is 5.92 Å². The van der Waals surface area contributed by atoms with Crippen LogP contribution in [0.2, 0.25) is 0 Å². The molecule has 0 aromatic carbocycles. The maximum Gasteiger partial charge on any atom is 0.306 e. The molecule has 6 aliphatic rings. The molecule has 1 spiro atoms. The second kappa shape index (κ2) is 2.69. The van der Waals surface area contributed by atoms with E-state index in [1.165, 1.54) is 33.4 Å². The first-order valence-corrected chi connectivity index (χ1v) is 7.75. The summed E-state index contributed by atoms with van der Waals surface area (Å²) in [5.74, 6) is 0.00685. The second-order valence-electron chi connectivity index (χ2n) is 7.33. The van der Waals surface area contributed by atoms with E-state index >= 15 is 0 Å². The molecule has 2 fully saturated rings. The molecule has 6 rings (SSSR count). The Bertz CT molecular complexity index is 723. The Kier molecular flexibility index (Phi) is 1.40. The van der Waals surface area contributed by atoms with Crippen LogP contribution < -0.4 is 0 Å². The highest BCUT2D eigenvalue weighted by Crippen LogP contribution is 2.71. The van der Waals surface area contributed by atoms with Gasteiger partial charge in [0.2, 0.25) is 0 Å². The summed E-state index contributed by atoms with van der Waals surface area (Å²) >= 11 is 0. The van der Waals surface area contributed by atoms with Crippen molar-refractivity contribution in [2.45, 2.75) is 56.1 Å². The molecule has 0 aromatic heterocycles. The topological polar surface area (TPSA) is 46.5 Å². The lowest BCUT2D eigenvalue weighted by molar-refractivity contribution is -0.156. The Balaban J connectivity index is 1.69. The molecule has 5 aliphatic carbocycles. The van der Waals surface area contributed by atoms with E-state index in [4.69, 9.17) is 4.74 Å². The Labute approximate surface area is 117 Å². The van der Waals surface area contributed by atoms with Crippen LogP contribution in [-0.2, 0) is 9.53 Å². The number of hydrogen-bond acceptors (Lipinski definition) is 3. The fourth-order valence-electron chi connectivity index (χ4n) is 6.15. The van der Waals surface area contributed by atoms with Crippen LogP contribution in [0, 0.1) is 5.92 Å². The third-order valence-corrected chi connectivity index (χ3v) is 6.66. The summed E-state index contributed by atoms with van der Waals surface area (Å²) in [4.78, 5) is 11.8. The second-order valence-corrected chi connectivity index (χ2v) is 7.33. The Morgan fingerprint density at radius 1 is 1.05 bits per heavy atom. The van der Waals surface area contributed by atoms with Gasteiger partial charge in [-0.25, -0.2) is 0 Å². The minimum Gasteiger partial charge on any atom is -0.454 e. The molecule has 20 heavy (non-hydrogen) atoms. The minimum absolute atomic E-state index is 0.0787. The van der Waals surface area contributed by atoms with E-state index in [2.05, 4.69) is 0 Å². The maximum absolute atomic E-state index is 11.8. The number of hydrogen-bond donors (Lipinski definition) is 1. The zero-order chi connectivity index (χ0) is 13.3. The van der Waals surface area contributed by atoms with Crippen LogP contribution in [0.5, 0.6) is 0 Å². The Morgan fingerprint density at radius 3 is 2.70 bits per heavy atom. The molecule has 0 aromatic rings. The summed E-state index contributed by atoms with van der Waals surface area (Å²) < 4.78 is 5.88. The predicted molar refractivity (Wildman–Crippen MR) is 70.7 cm³/mol. The van der Waals surface area contributed by atoms with Crippen LogP contribution in [0.1, 0.15) is 44.9 Å². The van der Waals surface area contributed by atoms with Crippen molar-refractivity contribution in [2.75, 3.05) is 0 Å². The van der Waals surface area contributed by atoms with Crippen molar-refractivity contribution in [1.29, 1.82) is 0 Å². The lowest BCUT2D eigenvalue weighted by atomic mass is 9.62. The van der Waals surface area contributed by atoms with E-state index in [9.17, 15) is 9.90 Å². The van der Waals surface area contributed by atoms with Gasteiger partial charge in [0.1, 0.15) is 5.60 Å². The third kappa shape index (κ3) is 0.794. The normalized spacial score (nSPS) is 46.6. The number of rotatable bonds is 0. The highest BCUT2D eigenvalue weighted by atomic mass is 16.6. The largest absolute Gasteiger partial charge is 0.454 e. The van der Waals surface area contributed by atoms with Gasteiger partial charge >= 0.3 is 5.97 Å². The molecule has 1 aliphatic heterocycles. The monoisotopic (exact) mass is 268 g/mol. The SMILES string of the molecule is O=C1CC[C@@]2(O1)C1=C3CC4=C1C1=C(CC[C@@]1(O)C2C3)C4. The summed E-state index contributed by atoms with van der Waals surface area (Å²) in [7, 11) is 0. The number of carbonyl (C=O) groups excluding carboxylic acids is 1. The van der Waals surface area contributed by atoms with Gasteiger partial charge < -0.3 is 9.84 Å². The summed E-state index contributed by atoms with van der Waals surface area (Å²) in [6.07, 6.45) is 6.22. The van der Waals surface area contributed by atoms with E-state index in [-0.39, 0.29) is 11.9 Å². The number of ether oxygens (including phenoxy) is 1. The molecule has 1 saturated heterocycles. The Hall–Kier alpha value is -1.35. The van der Waals surface area contributed by atoms with Crippen LogP contribution >= 0.6 is 0 Å². The summed E-state index contributed by atoms with van der Waals surface area (Å²) in [6.45, 7) is 0. The molecule has 1 saturated carbocycles. The first-order valence-electron chi connectivity index (χ1n) is 7.75. The van der Waals surface area contributed by atoms with Gasteiger partial charge in [-0.15, -0.1) is 0 Å². The molecule has 3 atom stereocenters. The van der Waals surface area contributed by atoms with Crippen molar-refractivity contribution >= 4 is 5.97 Å². The van der Waals surface area contributed by atoms with E-state index in [0.29, 0.717) is 6.42 Å². The molecule has 1 heterocycles. The summed E-state index contributed by atoms with van der Waals surface area (Å²) in [6, 6.07) is 0. The number of carbonyl (C=O) groups is 1. The molecule has 1 N–H and O–H groups in total. The minimum atomic E-state index is -0.720. The number of fused-ring (bicyclic) bond motifs is 1. The van der Waals surface area contributed by atoms with Gasteiger partial charge in [-0.05, 0) is 43.3 Å². The smallest absolute Gasteiger partial charge is 0.306 e. The summed E-state index contributed by atoms with van der Waals surface area (Å²) in [5.41, 5.74) is 7.17. The van der Waals surface area contributed by atoms with Gasteiger partial charge in [0.25, 0.3) is 0 Å². The fraction of sp³-hybridized carbons (Fsp3) is 0.588. The van der Waals surface area contributed by atoms with Crippen LogP contribution in [0.25, 0.3) is 0 Å². The van der Waals surface area contributed by atoms with Gasteiger partial charge in [-0.3, -0.25) is 4.79 Å². The van der Waals surface area contributed by atoms with Crippen molar-refractivity contribution in [1.82, 2.24) is 0 Å². The van der Waals surface area contributed by atoms with Crippen LogP contribution in [0.15, 0.2) is 33.4 Å². The van der Waals surface area contributed by atoms with Crippen molar-refractivity contribution in [3.8, 4) is 0 Å². The number of esters is 1. The lowest BCUT2D eigenvalue weighted by Gasteiger charge is -2.48. The van der Waals surface area contributed by atoms with E-state index < -0.39 is 11.2 Å². The first kappa shape index (κ1) is 10.4. The van der Waals surface area contributed by atoms with E-state index in [0.717, 1.165) is 38.5 Å². The van der Waals surface area contributed by atoms with Crippen LogP contribution in [-0.4, -0.2) is 22.3 Å². The average molecular weight is 268 g/mol. The van der Waals surface area contributed by atoms with Crippen molar-refractivity contribution in [3.63, 3.8) is 0 Å². The average Bonchev–Trinajstić information content (AvgIpc) is 3.11. The summed E-state index contributed by atoms with van der Waals surface area (Å²) in [5, 5.41) is 11.4. The van der Waals surface area contributed by atoms with Gasteiger partial charge in [0.05, 0.1) is 5.60 Å². The molecular formula is C17H16O3. The third-order valence-electron chi connectivity index (χ3n) is 6.66. The number of aliphatic hydroxyl groups is 1. The van der Waals surface area contributed by atoms with Gasteiger partial charge in [-0.2, -0.15) is 0 Å². The maximum atomic E-state index is 11.8. The molecule has 3 nitrogen and oxygen atoms in total. The zero-order valence-corrected chi connectivity index (χ0v) is 11.3. The fourth-order valence-corrected chi connectivity index (χ4v) is 6.15. The molecule has 1 unspecified atom stereocenters. The predicted octanol–water partition coefficient (Wildman–Crippen LogP) is 2.32. The molecule has 2 bridgehead atoms. The molecule has 0 amide bonds. The Morgan fingerprint density at radius 2 is 1.90 bits per heavy atom. The molecule has 0 radical (unpaired) electrons. The van der Waals surface area contributed by atoms with Crippen LogP contribution in [0.3, 0.4) is 0 Å². The highest BCUT2D eigenvalue weighted by Gasteiger charge is 2.70. The zero-order valence-electron chi connectivity index (χ0n) is 11.3. The first-order chi connectivity index (χ1) is 9.63. The molecule has 3 heteroatoms. The lowest BCUT2D eigenvalue weighted by Crippen LogP contribution is -2.54. The van der Waals surface area contributed by atoms with Crippen molar-refractivity contribution in [3.05, 3.63) is 33.4 Å².